The average Bonchev–Trinajstić information content (AvgIpc) is 2.12. The van der Waals surface area contributed by atoms with Gasteiger partial charge in [0, 0.05) is 80.5 Å². The molecule has 0 aromatic carbocycles. The topological polar surface area (TPSA) is 427 Å². The van der Waals surface area contributed by atoms with E-state index in [2.05, 4.69) is 52.8 Å². The first-order valence-electron chi connectivity index (χ1n) is 25.9. The van der Waals surface area contributed by atoms with Gasteiger partial charge in [-0.1, -0.05) is 37.0 Å². The maximum absolute atomic E-state index is 13.6. The van der Waals surface area contributed by atoms with Crippen LogP contribution in [0.15, 0.2) is 83.4 Å². The van der Waals surface area contributed by atoms with Crippen molar-refractivity contribution in [3.8, 4) is 0 Å². The smallest absolute Gasteiger partial charge is 0.386 e. The number of thiol groups is 1. The number of nitrogens with zero attached hydrogens (tertiary/aromatic N) is 14. The Morgan fingerprint density at radius 1 is 0.575 bits per heavy atom. The summed E-state index contributed by atoms with van der Waals surface area (Å²) in [5, 5.41) is 27.6. The van der Waals surface area contributed by atoms with E-state index in [0.29, 0.717) is 33.7 Å². The first-order chi connectivity index (χ1) is 41.0. The molecule has 18 atom stereocenters. The molecule has 468 valence electrons. The van der Waals surface area contributed by atoms with Crippen LogP contribution in [0.4, 0.5) is 11.4 Å². The molecule has 43 heteroatoms. The lowest BCUT2D eigenvalue weighted by Gasteiger charge is -2.28. The van der Waals surface area contributed by atoms with Crippen molar-refractivity contribution in [3.63, 3.8) is 0 Å². The summed E-state index contributed by atoms with van der Waals surface area (Å²) >= 11 is 20.2. The van der Waals surface area contributed by atoms with Gasteiger partial charge >= 0.3 is 27.0 Å². The van der Waals surface area contributed by atoms with Crippen molar-refractivity contribution in [1.29, 1.82) is 0 Å². The number of hydrogen-bond acceptors (Lipinski definition) is 29. The zero-order chi connectivity index (χ0) is 60.2. The summed E-state index contributed by atoms with van der Waals surface area (Å²) < 4.78 is 92.9. The molecule has 35 nitrogen and oxygen atoms in total. The molecule has 4 bridgehead atoms. The van der Waals surface area contributed by atoms with Crippen molar-refractivity contribution < 1.29 is 79.5 Å². The van der Waals surface area contributed by atoms with Crippen LogP contribution in [-0.4, -0.2) is 169 Å². The van der Waals surface area contributed by atoms with Crippen LogP contribution in [0.25, 0.3) is 33.9 Å². The largest absolute Gasteiger partial charge is 0.397 e. The van der Waals surface area contributed by atoms with Gasteiger partial charge in [0.2, 0.25) is 11.6 Å². The predicted molar refractivity (Wildman–Crippen MR) is 315 cm³/mol. The second kappa shape index (κ2) is 24.2. The quantitative estimate of drug-likeness (QED) is 0.0980. The molecule has 8 aromatic heterocycles. The van der Waals surface area contributed by atoms with E-state index < -0.39 is 119 Å². The van der Waals surface area contributed by atoms with Gasteiger partial charge in [-0.05, 0) is 47.6 Å². The molecule has 8 aromatic rings. The Morgan fingerprint density at radius 3 is 1.54 bits per heavy atom. The first-order valence-corrected chi connectivity index (χ1v) is 36.4. The highest BCUT2D eigenvalue weighted by molar-refractivity contribution is 8.44. The van der Waals surface area contributed by atoms with E-state index >= 15 is 0 Å². The Morgan fingerprint density at radius 2 is 1.02 bits per heavy atom. The Balaban J connectivity index is 0.000000168. The van der Waals surface area contributed by atoms with E-state index in [4.69, 9.17) is 102 Å². The Kier molecular flexibility index (Phi) is 17.4. The Hall–Kier alpha value is -4.57. The minimum atomic E-state index is -4.08. The number of hydrogen-bond donors (Lipinski definition) is 7. The standard InChI is InChI=1S/C22H26N8O9P2S2.C21H24N8O10P2S2.CH4/c1-11-14-9-34-40(32,42)38-13-8-17(30-20-18(26-27-30)12(23)2-4-24-20)36-15(13)10-35-41(33,43)39-19(11)21(37-14)29-6-3-16(31)28-7-5-25-22(28)29;22-10-1-3-23-19-16(10)25-26-29(19)15-7-11-12(36-15)8-34-41(33,43)39-18-17(31)13(9-35-40(32,42)38-11)37-20(18)28-5-2-14(30)27-6-4-24-21(27)28;/h2-7,11,13-15,17,19,21H,8-10H2,1H3,(H2,23,24)(H,32,42)(H,33,43);1-6,11-13,15,17-18,20,31H,7-9H2,(H2,22,23)(H,32,42)(H,33,43);1H4/t11-,13+,14-,15-,17-,19-,21-,40?,41?;11-,12+,13+,15+,17+,18+,20+,40?,41?;/m10./s1. The number of rotatable bonds is 4. The summed E-state index contributed by atoms with van der Waals surface area (Å²) in [6.07, 6.45) is -0.613. The Bertz CT molecular complexity index is 3970. The number of nitrogen functional groups attached to an aromatic ring is 2. The monoisotopic (exact) mass is 1360 g/mol. The summed E-state index contributed by atoms with van der Waals surface area (Å²) in [4.78, 5) is 74.8. The normalized spacial score (nSPS) is 36.7. The molecule has 6 aliphatic rings. The number of anilines is 2. The number of imidazole rings is 2. The van der Waals surface area contributed by atoms with Gasteiger partial charge in [0.15, 0.2) is 47.2 Å². The fourth-order valence-electron chi connectivity index (χ4n) is 10.7. The molecule has 0 aliphatic carbocycles. The summed E-state index contributed by atoms with van der Waals surface area (Å²) in [6, 6.07) is 5.80. The summed E-state index contributed by atoms with van der Waals surface area (Å²) in [5.74, 6) is -0.00886. The van der Waals surface area contributed by atoms with Crippen LogP contribution in [0.1, 0.15) is 52.1 Å². The number of aliphatic hydroxyl groups is 1. The van der Waals surface area contributed by atoms with E-state index in [-0.39, 0.29) is 62.8 Å². The second-order valence-electron chi connectivity index (χ2n) is 20.2. The molecule has 14 heterocycles. The van der Waals surface area contributed by atoms with Crippen LogP contribution in [0.2, 0.25) is 0 Å². The molecular formula is C44H54N16O19P4S4. The van der Waals surface area contributed by atoms with Crippen molar-refractivity contribution >= 4 is 120 Å². The summed E-state index contributed by atoms with van der Waals surface area (Å²) in [7, 11) is 0. The molecule has 0 amide bonds. The minimum Gasteiger partial charge on any atom is -0.397 e. The van der Waals surface area contributed by atoms with Gasteiger partial charge in [-0.25, -0.2) is 24.5 Å². The first kappa shape index (κ1) is 62.6. The van der Waals surface area contributed by atoms with Crippen molar-refractivity contribution in [1.82, 2.24) is 67.9 Å². The van der Waals surface area contributed by atoms with Crippen LogP contribution >= 0.6 is 39.2 Å². The second-order valence-corrected chi connectivity index (χ2v) is 31.5. The third-order valence-electron chi connectivity index (χ3n) is 14.8. The van der Waals surface area contributed by atoms with E-state index in [1.807, 2.05) is 0 Å². The van der Waals surface area contributed by atoms with Gasteiger partial charge in [0.05, 0.1) is 43.9 Å². The van der Waals surface area contributed by atoms with Crippen molar-refractivity contribution in [3.05, 3.63) is 94.5 Å². The van der Waals surface area contributed by atoms with Crippen molar-refractivity contribution in [2.24, 2.45) is 5.92 Å². The highest BCUT2D eigenvalue weighted by Gasteiger charge is 2.52. The molecular weight excluding hydrogens is 1310 g/mol. The van der Waals surface area contributed by atoms with E-state index in [1.54, 1.807) is 23.6 Å². The Labute approximate surface area is 510 Å². The highest BCUT2D eigenvalue weighted by atomic mass is 32.7. The van der Waals surface area contributed by atoms with Crippen LogP contribution in [0.3, 0.4) is 0 Å². The van der Waals surface area contributed by atoms with Crippen LogP contribution in [0.5, 0.6) is 0 Å². The van der Waals surface area contributed by atoms with Gasteiger partial charge in [-0.3, -0.25) is 41.1 Å². The lowest BCUT2D eigenvalue weighted by molar-refractivity contribution is -0.0617. The SMILES string of the molecule is C.C[C@H]1[C@H]2OP(=O)(S)OC[C@H]3O[C@@H](n4nnc5c(N)ccnc54)C[C@@H]3OP(O)(=S)OC[C@H]1O[C@H]2n1ccc(=O)n2ccnc12.Nc1ccnc2c1nnn2[C@H]1C[C@@H]2OP(O)(=S)OC[C@H]3O[C@@H](n4ccc(=O)n5ccnc45)[C@H](OP(O)(=S)OC[C@H]2O1)[C@@H]3O. The third-order valence-corrected chi connectivity index (χ3v) is 21.2. The molecule has 14 rings (SSSR count). The van der Waals surface area contributed by atoms with Gasteiger partial charge in [0.25, 0.3) is 11.1 Å². The number of ether oxygens (including phenoxy) is 4. The van der Waals surface area contributed by atoms with Crippen LogP contribution in [-0.2, 0) is 95.1 Å². The van der Waals surface area contributed by atoms with Crippen molar-refractivity contribution in [2.75, 3.05) is 37.9 Å². The molecule has 6 saturated heterocycles. The predicted octanol–water partition coefficient (Wildman–Crippen LogP) is 2.16. The molecule has 0 saturated carbocycles. The highest BCUT2D eigenvalue weighted by Crippen LogP contribution is 2.60. The van der Waals surface area contributed by atoms with Gasteiger partial charge in [-0.2, -0.15) is 9.36 Å². The number of nitrogens with two attached hydrogens (primary N) is 2. The molecule has 0 spiro atoms. The number of aromatic nitrogens is 14. The van der Waals surface area contributed by atoms with Crippen LogP contribution < -0.4 is 22.6 Å². The van der Waals surface area contributed by atoms with E-state index in [0.717, 1.165) is 0 Å². The number of fused-ring (bicyclic) bond motifs is 10. The van der Waals surface area contributed by atoms with E-state index in [9.17, 15) is 33.9 Å². The van der Waals surface area contributed by atoms with Gasteiger partial charge in [-0.15, -0.1) is 10.2 Å². The fraction of sp³-hybridized carbons (Fsp3) is 0.500. The molecule has 87 heavy (non-hydrogen) atoms. The maximum atomic E-state index is 13.6. The minimum absolute atomic E-state index is 0. The van der Waals surface area contributed by atoms with Crippen LogP contribution in [0, 0.1) is 5.92 Å². The number of pyridine rings is 2. The molecule has 6 fully saturated rings. The molecule has 6 aliphatic heterocycles. The zero-order valence-electron chi connectivity index (χ0n) is 44.0. The van der Waals surface area contributed by atoms with Gasteiger partial charge in [0.1, 0.15) is 48.8 Å². The van der Waals surface area contributed by atoms with Gasteiger partial charge < -0.3 is 72.8 Å². The lowest BCUT2D eigenvalue weighted by Crippen LogP contribution is -2.36. The fourth-order valence-corrected chi connectivity index (χ4v) is 16.6. The van der Waals surface area contributed by atoms with E-state index in [1.165, 1.54) is 84.4 Å². The molecule has 0 radical (unpaired) electrons. The summed E-state index contributed by atoms with van der Waals surface area (Å²) in [6.45, 7) is -15.4. The maximum Gasteiger partial charge on any atom is 0.386 e. The average molecular weight is 1360 g/mol. The molecule has 8 N–H and O–H groups in total. The zero-order valence-corrected chi connectivity index (χ0v) is 51.0. The number of aliphatic hydroxyl groups excluding tert-OH is 1. The lowest BCUT2D eigenvalue weighted by atomic mass is 10.0. The molecule has 4 unspecified atom stereocenters. The van der Waals surface area contributed by atoms with Crippen molar-refractivity contribution in [2.45, 2.75) is 107 Å². The third kappa shape index (κ3) is 12.4. The summed E-state index contributed by atoms with van der Waals surface area (Å²) in [5.41, 5.74) is 13.6.